The number of benzene rings is 1. The summed E-state index contributed by atoms with van der Waals surface area (Å²) in [6.07, 6.45) is 6.28. The number of hydrogen-bond donors (Lipinski definition) is 0. The highest BCUT2D eigenvalue weighted by atomic mass is 35.5. The second kappa shape index (κ2) is 8.10. The third kappa shape index (κ3) is 3.90. The van der Waals surface area contributed by atoms with Crippen LogP contribution in [0, 0.1) is 0 Å². The van der Waals surface area contributed by atoms with Crippen molar-refractivity contribution in [3.8, 4) is 0 Å². The van der Waals surface area contributed by atoms with Gasteiger partial charge in [0.05, 0.1) is 5.69 Å². The molecule has 0 spiro atoms. The lowest BCUT2D eigenvalue weighted by Crippen LogP contribution is -2.48. The van der Waals surface area contributed by atoms with Crippen LogP contribution in [0.5, 0.6) is 0 Å². The number of hydrogen-bond acceptors (Lipinski definition) is 4. The first-order valence-electron chi connectivity index (χ1n) is 10.3. The highest BCUT2D eigenvalue weighted by Crippen LogP contribution is 2.46. The Bertz CT molecular complexity index is 741. The zero-order chi connectivity index (χ0) is 18.9. The summed E-state index contributed by atoms with van der Waals surface area (Å²) in [6, 6.07) is 9.13. The van der Waals surface area contributed by atoms with E-state index in [2.05, 4.69) is 41.2 Å². The van der Waals surface area contributed by atoms with Gasteiger partial charge in [0.2, 0.25) is 0 Å². The summed E-state index contributed by atoms with van der Waals surface area (Å²) in [5.41, 5.74) is 2.72. The normalized spacial score (nSPS) is 21.0. The average molecular weight is 404 g/mol. The molecular formula is C22H30ClN3S. The number of aromatic nitrogens is 1. The molecular weight excluding hydrogens is 374 g/mol. The third-order valence-electron chi connectivity index (χ3n) is 6.40. The molecule has 1 aliphatic carbocycles. The zero-order valence-corrected chi connectivity index (χ0v) is 18.0. The molecule has 2 fully saturated rings. The Morgan fingerprint density at radius 3 is 2.30 bits per heavy atom. The molecule has 27 heavy (non-hydrogen) atoms. The Morgan fingerprint density at radius 2 is 1.67 bits per heavy atom. The minimum atomic E-state index is 0.0668. The molecule has 2 aliphatic rings. The van der Waals surface area contributed by atoms with E-state index < -0.39 is 0 Å². The van der Waals surface area contributed by atoms with E-state index in [1.807, 2.05) is 23.5 Å². The molecule has 1 aromatic carbocycles. The molecule has 1 saturated carbocycles. The molecule has 1 aromatic heterocycles. The summed E-state index contributed by atoms with van der Waals surface area (Å²) >= 11 is 7.98. The van der Waals surface area contributed by atoms with Crippen LogP contribution in [0.25, 0.3) is 0 Å². The van der Waals surface area contributed by atoms with Crippen molar-refractivity contribution in [3.63, 3.8) is 0 Å². The summed E-state index contributed by atoms with van der Waals surface area (Å²) in [7, 11) is 0. The van der Waals surface area contributed by atoms with E-state index in [9.17, 15) is 0 Å². The minimum Gasteiger partial charge on any atom is -0.346 e. The van der Waals surface area contributed by atoms with E-state index in [4.69, 9.17) is 16.6 Å². The van der Waals surface area contributed by atoms with Crippen molar-refractivity contribution in [3.05, 3.63) is 45.9 Å². The van der Waals surface area contributed by atoms with Gasteiger partial charge in [0.15, 0.2) is 5.13 Å². The van der Waals surface area contributed by atoms with E-state index in [1.165, 1.54) is 48.5 Å². The molecule has 3 nitrogen and oxygen atoms in total. The maximum Gasteiger partial charge on any atom is 0.185 e. The summed E-state index contributed by atoms with van der Waals surface area (Å²) < 4.78 is 0. The van der Waals surface area contributed by atoms with Crippen molar-refractivity contribution in [2.75, 3.05) is 31.1 Å². The fraction of sp³-hybridized carbons (Fsp3) is 0.591. The van der Waals surface area contributed by atoms with E-state index in [0.29, 0.717) is 6.04 Å². The summed E-state index contributed by atoms with van der Waals surface area (Å²) in [5, 5.41) is 4.34. The lowest BCUT2D eigenvalue weighted by Gasteiger charge is -2.38. The predicted molar refractivity (Wildman–Crippen MR) is 116 cm³/mol. The van der Waals surface area contributed by atoms with E-state index in [-0.39, 0.29) is 5.41 Å². The fourth-order valence-corrected chi connectivity index (χ4v) is 5.78. The Morgan fingerprint density at radius 1 is 1.00 bits per heavy atom. The van der Waals surface area contributed by atoms with Crippen LogP contribution >= 0.6 is 22.9 Å². The number of piperazine rings is 1. The highest BCUT2D eigenvalue weighted by Gasteiger charge is 2.38. The van der Waals surface area contributed by atoms with Gasteiger partial charge in [-0.2, -0.15) is 0 Å². The van der Waals surface area contributed by atoms with Crippen LogP contribution in [0.4, 0.5) is 5.13 Å². The lowest BCUT2D eigenvalue weighted by atomic mass is 9.67. The monoisotopic (exact) mass is 403 g/mol. The first-order chi connectivity index (χ1) is 13.1. The standard InChI is InChI=1S/C22H30ClN3S/c1-17(2)25-12-14-26(15-13-25)21-24-20(16-27-21)22(10-4-3-5-11-22)18-6-8-19(23)9-7-18/h6-9,16-17H,3-5,10-15H2,1-2H3. The van der Waals surface area contributed by atoms with Gasteiger partial charge in [-0.05, 0) is 44.4 Å². The summed E-state index contributed by atoms with van der Waals surface area (Å²) in [4.78, 5) is 10.2. The molecule has 0 N–H and O–H groups in total. The van der Waals surface area contributed by atoms with Crippen molar-refractivity contribution in [1.82, 2.24) is 9.88 Å². The van der Waals surface area contributed by atoms with Gasteiger partial charge in [0, 0.05) is 48.0 Å². The largest absolute Gasteiger partial charge is 0.346 e. The third-order valence-corrected chi connectivity index (χ3v) is 7.55. The van der Waals surface area contributed by atoms with Crippen LogP contribution in [0.2, 0.25) is 5.02 Å². The van der Waals surface area contributed by atoms with Crippen molar-refractivity contribution >= 4 is 28.1 Å². The van der Waals surface area contributed by atoms with Crippen LogP contribution in [-0.2, 0) is 5.41 Å². The molecule has 4 rings (SSSR count). The second-order valence-corrected chi connectivity index (χ2v) is 9.55. The van der Waals surface area contributed by atoms with Crippen LogP contribution in [0.3, 0.4) is 0 Å². The van der Waals surface area contributed by atoms with Gasteiger partial charge in [-0.1, -0.05) is 43.0 Å². The molecule has 5 heteroatoms. The van der Waals surface area contributed by atoms with Gasteiger partial charge in [0.25, 0.3) is 0 Å². The minimum absolute atomic E-state index is 0.0668. The molecule has 0 bridgehead atoms. The number of thiazole rings is 1. The van der Waals surface area contributed by atoms with Crippen LogP contribution in [0.1, 0.15) is 57.2 Å². The number of nitrogens with zero attached hydrogens (tertiary/aromatic N) is 3. The average Bonchev–Trinajstić information content (AvgIpc) is 3.20. The highest BCUT2D eigenvalue weighted by molar-refractivity contribution is 7.13. The van der Waals surface area contributed by atoms with Crippen molar-refractivity contribution < 1.29 is 0 Å². The second-order valence-electron chi connectivity index (χ2n) is 8.28. The number of rotatable bonds is 4. The van der Waals surface area contributed by atoms with Gasteiger partial charge in [-0.15, -0.1) is 11.3 Å². The zero-order valence-electron chi connectivity index (χ0n) is 16.5. The SMILES string of the molecule is CC(C)N1CCN(c2nc(C3(c4ccc(Cl)cc4)CCCCC3)cs2)CC1. The Hall–Kier alpha value is -1.10. The van der Waals surface area contributed by atoms with Crippen molar-refractivity contribution in [2.24, 2.45) is 0 Å². The van der Waals surface area contributed by atoms with Gasteiger partial charge >= 0.3 is 0 Å². The quantitative estimate of drug-likeness (QED) is 0.664. The van der Waals surface area contributed by atoms with Gasteiger partial charge < -0.3 is 4.90 Å². The molecule has 2 heterocycles. The first-order valence-corrected chi connectivity index (χ1v) is 11.6. The van der Waals surface area contributed by atoms with Crippen molar-refractivity contribution in [2.45, 2.75) is 57.4 Å². The molecule has 2 aromatic rings. The van der Waals surface area contributed by atoms with Gasteiger partial charge in [0.1, 0.15) is 0 Å². The number of halogens is 1. The smallest absolute Gasteiger partial charge is 0.185 e. The Labute approximate surface area is 172 Å². The van der Waals surface area contributed by atoms with E-state index >= 15 is 0 Å². The van der Waals surface area contributed by atoms with Crippen LogP contribution in [0.15, 0.2) is 29.6 Å². The Balaban J connectivity index is 1.58. The van der Waals surface area contributed by atoms with Crippen molar-refractivity contribution in [1.29, 1.82) is 0 Å². The topological polar surface area (TPSA) is 19.4 Å². The summed E-state index contributed by atoms with van der Waals surface area (Å²) in [6.45, 7) is 9.01. The lowest BCUT2D eigenvalue weighted by molar-refractivity contribution is 0.209. The maximum absolute atomic E-state index is 6.16. The van der Waals surface area contributed by atoms with Gasteiger partial charge in [-0.3, -0.25) is 4.90 Å². The summed E-state index contributed by atoms with van der Waals surface area (Å²) in [5.74, 6) is 0. The first kappa shape index (κ1) is 19.2. The van der Waals surface area contributed by atoms with E-state index in [0.717, 1.165) is 31.2 Å². The molecule has 1 saturated heterocycles. The maximum atomic E-state index is 6.16. The molecule has 0 radical (unpaired) electrons. The van der Waals surface area contributed by atoms with E-state index in [1.54, 1.807) is 0 Å². The Kier molecular flexibility index (Phi) is 5.77. The fourth-order valence-electron chi connectivity index (χ4n) is 4.68. The van der Waals surface area contributed by atoms with Crippen LogP contribution < -0.4 is 4.90 Å². The molecule has 1 aliphatic heterocycles. The molecule has 0 unspecified atom stereocenters. The molecule has 146 valence electrons. The predicted octanol–water partition coefficient (Wildman–Crippen LogP) is 5.58. The molecule has 0 atom stereocenters. The van der Waals surface area contributed by atoms with Crippen LogP contribution in [-0.4, -0.2) is 42.1 Å². The number of anilines is 1. The molecule has 0 amide bonds. The van der Waals surface area contributed by atoms with Gasteiger partial charge in [-0.25, -0.2) is 4.98 Å².